The normalized spacial score (nSPS) is 13.2. The average Bonchev–Trinajstić information content (AvgIpc) is 2.49. The van der Waals surface area contributed by atoms with Crippen molar-refractivity contribution in [2.45, 2.75) is 18.9 Å². The minimum absolute atomic E-state index is 0.0979. The number of rotatable bonds is 5. The van der Waals surface area contributed by atoms with Gasteiger partial charge in [0.25, 0.3) is 0 Å². The zero-order valence-electron chi connectivity index (χ0n) is 11.8. The van der Waals surface area contributed by atoms with Crippen LogP contribution in [0.3, 0.4) is 0 Å². The third-order valence-electron chi connectivity index (χ3n) is 3.34. The molecule has 2 unspecified atom stereocenters. The molecule has 0 saturated heterocycles. The maximum atomic E-state index is 12.5. The van der Waals surface area contributed by atoms with Gasteiger partial charge in [0.1, 0.15) is 5.92 Å². The zero-order chi connectivity index (χ0) is 15.2. The molecule has 0 aromatic heterocycles. The van der Waals surface area contributed by atoms with Gasteiger partial charge in [-0.15, -0.1) is 0 Å². The number of hydrogen-bond acceptors (Lipinski definition) is 2. The van der Waals surface area contributed by atoms with Crippen LogP contribution in [0.1, 0.15) is 30.0 Å². The SMILES string of the molecule is CC(NC(=O)C(C(N)=S)c1ccccc1)c1ccccc1. The molecule has 2 aromatic carbocycles. The van der Waals surface area contributed by atoms with Crippen LogP contribution in [0, 0.1) is 0 Å². The first-order valence-electron chi connectivity index (χ1n) is 6.79. The van der Waals surface area contributed by atoms with E-state index in [4.69, 9.17) is 18.0 Å². The van der Waals surface area contributed by atoms with Gasteiger partial charge in [0.2, 0.25) is 5.91 Å². The summed E-state index contributed by atoms with van der Waals surface area (Å²) in [5.41, 5.74) is 7.60. The Morgan fingerprint density at radius 1 is 1.00 bits per heavy atom. The van der Waals surface area contributed by atoms with E-state index in [-0.39, 0.29) is 16.9 Å². The third-order valence-corrected chi connectivity index (χ3v) is 3.57. The summed E-state index contributed by atoms with van der Waals surface area (Å²) in [5.74, 6) is -0.780. The lowest BCUT2D eigenvalue weighted by Gasteiger charge is -2.20. The molecule has 0 spiro atoms. The Hall–Kier alpha value is -2.20. The van der Waals surface area contributed by atoms with Crippen molar-refractivity contribution in [3.05, 3.63) is 71.8 Å². The van der Waals surface area contributed by atoms with Crippen molar-refractivity contribution in [2.75, 3.05) is 0 Å². The summed E-state index contributed by atoms with van der Waals surface area (Å²) in [5, 5.41) is 2.97. The van der Waals surface area contributed by atoms with Crippen LogP contribution in [-0.4, -0.2) is 10.9 Å². The summed E-state index contributed by atoms with van der Waals surface area (Å²) in [6.45, 7) is 1.94. The van der Waals surface area contributed by atoms with E-state index < -0.39 is 5.92 Å². The Balaban J connectivity index is 2.15. The molecule has 0 heterocycles. The van der Waals surface area contributed by atoms with Gasteiger partial charge < -0.3 is 11.1 Å². The van der Waals surface area contributed by atoms with E-state index in [1.165, 1.54) is 0 Å². The topological polar surface area (TPSA) is 55.1 Å². The highest BCUT2D eigenvalue weighted by atomic mass is 32.1. The molecule has 0 radical (unpaired) electrons. The van der Waals surface area contributed by atoms with Crippen LogP contribution in [0.15, 0.2) is 60.7 Å². The van der Waals surface area contributed by atoms with Crippen LogP contribution in [0.25, 0.3) is 0 Å². The predicted molar refractivity (Wildman–Crippen MR) is 89.0 cm³/mol. The van der Waals surface area contributed by atoms with Crippen LogP contribution >= 0.6 is 12.2 Å². The highest BCUT2D eigenvalue weighted by Crippen LogP contribution is 2.19. The molecule has 21 heavy (non-hydrogen) atoms. The van der Waals surface area contributed by atoms with Crippen LogP contribution < -0.4 is 11.1 Å². The molecule has 0 bridgehead atoms. The van der Waals surface area contributed by atoms with Gasteiger partial charge in [-0.05, 0) is 18.1 Å². The smallest absolute Gasteiger partial charge is 0.234 e. The number of benzene rings is 2. The fourth-order valence-corrected chi connectivity index (χ4v) is 2.46. The zero-order valence-corrected chi connectivity index (χ0v) is 12.6. The van der Waals surface area contributed by atoms with E-state index >= 15 is 0 Å². The molecule has 2 rings (SSSR count). The van der Waals surface area contributed by atoms with Crippen molar-refractivity contribution in [3.8, 4) is 0 Å². The number of nitrogens with one attached hydrogen (secondary N) is 1. The molecule has 2 aromatic rings. The summed E-state index contributed by atoms with van der Waals surface area (Å²) in [6.07, 6.45) is 0. The molecule has 0 fully saturated rings. The average molecular weight is 298 g/mol. The summed E-state index contributed by atoms with van der Waals surface area (Å²) in [6, 6.07) is 19.0. The van der Waals surface area contributed by atoms with Crippen LogP contribution in [0.4, 0.5) is 0 Å². The second-order valence-electron chi connectivity index (χ2n) is 4.89. The largest absolute Gasteiger partial charge is 0.392 e. The van der Waals surface area contributed by atoms with Gasteiger partial charge in [0.15, 0.2) is 0 Å². The van der Waals surface area contributed by atoms with Crippen molar-refractivity contribution < 1.29 is 4.79 Å². The molecule has 0 aliphatic carbocycles. The number of hydrogen-bond donors (Lipinski definition) is 2. The second-order valence-corrected chi connectivity index (χ2v) is 5.36. The molecule has 1 amide bonds. The lowest BCUT2D eigenvalue weighted by atomic mass is 9.97. The number of nitrogens with two attached hydrogens (primary N) is 1. The summed E-state index contributed by atoms with van der Waals surface area (Å²) in [7, 11) is 0. The molecule has 3 nitrogen and oxygen atoms in total. The fraction of sp³-hybridized carbons (Fsp3) is 0.176. The van der Waals surface area contributed by atoms with Crippen molar-refractivity contribution in [2.24, 2.45) is 5.73 Å². The standard InChI is InChI=1S/C17H18N2OS/c1-12(13-8-4-2-5-9-13)19-17(20)15(16(18)21)14-10-6-3-7-11-14/h2-12,15H,1H3,(H2,18,21)(H,19,20). The molecule has 4 heteroatoms. The molecular formula is C17H18N2OS. The summed E-state index contributed by atoms with van der Waals surface area (Å²) < 4.78 is 0. The first kappa shape index (κ1) is 15.2. The Labute approximate surface area is 130 Å². The summed E-state index contributed by atoms with van der Waals surface area (Å²) >= 11 is 5.06. The minimum Gasteiger partial charge on any atom is -0.392 e. The van der Waals surface area contributed by atoms with Crippen LogP contribution in [0.5, 0.6) is 0 Å². The minimum atomic E-state index is -0.604. The Kier molecular flexibility index (Phi) is 5.06. The van der Waals surface area contributed by atoms with Gasteiger partial charge in [-0.2, -0.15) is 0 Å². The monoisotopic (exact) mass is 298 g/mol. The number of carbonyl (C=O) groups is 1. The molecular weight excluding hydrogens is 280 g/mol. The Bertz CT molecular complexity index is 613. The molecule has 0 aliphatic rings. The Morgan fingerprint density at radius 3 is 1.95 bits per heavy atom. The van der Waals surface area contributed by atoms with Gasteiger partial charge in [-0.25, -0.2) is 0 Å². The van der Waals surface area contributed by atoms with E-state index in [1.807, 2.05) is 67.6 Å². The van der Waals surface area contributed by atoms with Gasteiger partial charge in [-0.3, -0.25) is 4.79 Å². The van der Waals surface area contributed by atoms with Crippen molar-refractivity contribution in [1.29, 1.82) is 0 Å². The van der Waals surface area contributed by atoms with E-state index in [2.05, 4.69) is 5.32 Å². The van der Waals surface area contributed by atoms with E-state index in [0.29, 0.717) is 0 Å². The number of carbonyl (C=O) groups excluding carboxylic acids is 1. The van der Waals surface area contributed by atoms with Crippen molar-refractivity contribution in [1.82, 2.24) is 5.32 Å². The van der Waals surface area contributed by atoms with Gasteiger partial charge in [0, 0.05) is 0 Å². The van der Waals surface area contributed by atoms with Crippen LogP contribution in [-0.2, 0) is 4.79 Å². The first-order valence-corrected chi connectivity index (χ1v) is 7.20. The maximum Gasteiger partial charge on any atom is 0.234 e. The second kappa shape index (κ2) is 6.99. The van der Waals surface area contributed by atoms with Crippen LogP contribution in [0.2, 0.25) is 0 Å². The van der Waals surface area contributed by atoms with Gasteiger partial charge in [0.05, 0.1) is 11.0 Å². The van der Waals surface area contributed by atoms with E-state index in [0.717, 1.165) is 11.1 Å². The molecule has 3 N–H and O–H groups in total. The highest BCUT2D eigenvalue weighted by Gasteiger charge is 2.24. The highest BCUT2D eigenvalue weighted by molar-refractivity contribution is 7.80. The third kappa shape index (κ3) is 3.89. The van der Waals surface area contributed by atoms with E-state index in [1.54, 1.807) is 0 Å². The van der Waals surface area contributed by atoms with Gasteiger partial charge in [-0.1, -0.05) is 72.9 Å². The van der Waals surface area contributed by atoms with Gasteiger partial charge >= 0.3 is 0 Å². The molecule has 108 valence electrons. The molecule has 0 aliphatic heterocycles. The Morgan fingerprint density at radius 2 is 1.48 bits per heavy atom. The summed E-state index contributed by atoms with van der Waals surface area (Å²) in [4.78, 5) is 12.7. The van der Waals surface area contributed by atoms with E-state index in [9.17, 15) is 4.79 Å². The number of thiocarbonyl (C=S) groups is 1. The lowest BCUT2D eigenvalue weighted by Crippen LogP contribution is -2.37. The molecule has 2 atom stereocenters. The number of amides is 1. The molecule has 0 saturated carbocycles. The quantitative estimate of drug-likeness (QED) is 0.835. The first-order chi connectivity index (χ1) is 10.1. The fourth-order valence-electron chi connectivity index (χ4n) is 2.21. The predicted octanol–water partition coefficient (Wildman–Crippen LogP) is 2.93. The van der Waals surface area contributed by atoms with Crippen molar-refractivity contribution >= 4 is 23.1 Å². The lowest BCUT2D eigenvalue weighted by molar-refractivity contribution is -0.121. The maximum absolute atomic E-state index is 12.5. The van der Waals surface area contributed by atoms with Crippen molar-refractivity contribution in [3.63, 3.8) is 0 Å².